The van der Waals surface area contributed by atoms with Gasteiger partial charge in [-0.3, -0.25) is 9.59 Å². The van der Waals surface area contributed by atoms with Crippen molar-refractivity contribution in [2.75, 3.05) is 6.61 Å². The van der Waals surface area contributed by atoms with E-state index in [9.17, 15) is 14.9 Å². The van der Waals surface area contributed by atoms with Gasteiger partial charge >= 0.3 is 5.97 Å². The highest BCUT2D eigenvalue weighted by atomic mass is 16.5. The van der Waals surface area contributed by atoms with Crippen molar-refractivity contribution in [2.45, 2.75) is 40.5 Å². The molecule has 0 fully saturated rings. The molecule has 1 aromatic carbocycles. The maximum Gasteiger partial charge on any atom is 0.323 e. The lowest BCUT2D eigenvalue weighted by Gasteiger charge is -2.27. The number of nitriles is 1. The summed E-state index contributed by atoms with van der Waals surface area (Å²) < 4.78 is 5.00. The number of hydrogen-bond donors (Lipinski definition) is 0. The number of Topliss-reactive ketones (excluding diaryl/α,β-unsaturated/α-hetero) is 1. The van der Waals surface area contributed by atoms with Gasteiger partial charge in [-0.2, -0.15) is 5.26 Å². The molecular weight excluding hydrogens is 290 g/mol. The number of nitrogens with zero attached hydrogens (tertiary/aromatic N) is 1. The Hall–Kier alpha value is -2.15. The lowest BCUT2D eigenvalue weighted by molar-refractivity contribution is -0.147. The Morgan fingerprint density at radius 2 is 1.83 bits per heavy atom. The molecule has 124 valence electrons. The van der Waals surface area contributed by atoms with Crippen molar-refractivity contribution in [3.63, 3.8) is 0 Å². The predicted octanol–water partition coefficient (Wildman–Crippen LogP) is 4.01. The molecule has 23 heavy (non-hydrogen) atoms. The number of rotatable bonds is 7. The molecule has 4 nitrogen and oxygen atoms in total. The van der Waals surface area contributed by atoms with Crippen LogP contribution in [0.2, 0.25) is 0 Å². The van der Waals surface area contributed by atoms with E-state index in [2.05, 4.69) is 0 Å². The summed E-state index contributed by atoms with van der Waals surface area (Å²) in [7, 11) is 0. The minimum Gasteiger partial charge on any atom is -0.465 e. The molecule has 0 aromatic heterocycles. The zero-order chi connectivity index (χ0) is 17.5. The summed E-state index contributed by atoms with van der Waals surface area (Å²) in [5.41, 5.74) is 0.510. The van der Waals surface area contributed by atoms with Crippen LogP contribution in [0.1, 0.15) is 50.9 Å². The van der Waals surface area contributed by atoms with Crippen molar-refractivity contribution >= 4 is 11.8 Å². The van der Waals surface area contributed by atoms with Gasteiger partial charge in [0.2, 0.25) is 0 Å². The first kappa shape index (κ1) is 18.9. The quantitative estimate of drug-likeness (QED) is 0.563. The molecule has 0 saturated carbocycles. The molecule has 0 aliphatic carbocycles. The number of ketones is 1. The average molecular weight is 315 g/mol. The van der Waals surface area contributed by atoms with E-state index in [-0.39, 0.29) is 30.1 Å². The third-order valence-electron chi connectivity index (χ3n) is 3.57. The second kappa shape index (κ2) is 8.47. The summed E-state index contributed by atoms with van der Waals surface area (Å²) in [6.45, 7) is 8.04. The van der Waals surface area contributed by atoms with Gasteiger partial charge in [-0.1, -0.05) is 51.1 Å². The molecule has 4 heteroatoms. The van der Waals surface area contributed by atoms with Gasteiger partial charge in [0, 0.05) is 12.0 Å². The predicted molar refractivity (Wildman–Crippen MR) is 88.7 cm³/mol. The van der Waals surface area contributed by atoms with Gasteiger partial charge in [-0.25, -0.2) is 0 Å². The summed E-state index contributed by atoms with van der Waals surface area (Å²) in [6.07, 6.45) is 0.765. The summed E-state index contributed by atoms with van der Waals surface area (Å²) in [6, 6.07) is 11.0. The van der Waals surface area contributed by atoms with E-state index in [0.717, 1.165) is 0 Å². The van der Waals surface area contributed by atoms with Gasteiger partial charge in [0.25, 0.3) is 0 Å². The number of carbonyl (C=O) groups excluding carboxylic acids is 2. The molecule has 0 saturated heterocycles. The van der Waals surface area contributed by atoms with E-state index in [4.69, 9.17) is 4.74 Å². The monoisotopic (exact) mass is 315 g/mol. The Morgan fingerprint density at radius 3 is 2.30 bits per heavy atom. The van der Waals surface area contributed by atoms with Gasteiger partial charge in [-0.05, 0) is 24.7 Å². The first-order chi connectivity index (χ1) is 10.8. The highest BCUT2D eigenvalue weighted by Gasteiger charge is 2.34. The number of esters is 1. The Bertz CT molecular complexity index is 567. The largest absolute Gasteiger partial charge is 0.465 e. The molecule has 1 aromatic rings. The van der Waals surface area contributed by atoms with Crippen molar-refractivity contribution in [3.8, 4) is 6.07 Å². The number of ether oxygens (including phenoxy) is 1. The zero-order valence-electron chi connectivity index (χ0n) is 14.3. The lowest BCUT2D eigenvalue weighted by atomic mass is 9.76. The first-order valence-electron chi connectivity index (χ1n) is 7.93. The minimum atomic E-state index is -0.915. The summed E-state index contributed by atoms with van der Waals surface area (Å²) in [5, 5.41) is 9.41. The van der Waals surface area contributed by atoms with Gasteiger partial charge in [-0.15, -0.1) is 0 Å². The molecule has 2 atom stereocenters. The van der Waals surface area contributed by atoms with Gasteiger partial charge in [0.1, 0.15) is 5.92 Å². The molecular formula is C19H25NO3. The molecule has 0 bridgehead atoms. The second-order valence-electron chi connectivity index (χ2n) is 6.88. The molecule has 0 heterocycles. The molecule has 0 N–H and O–H groups in total. The van der Waals surface area contributed by atoms with Gasteiger partial charge < -0.3 is 4.74 Å². The van der Waals surface area contributed by atoms with Gasteiger partial charge in [0.05, 0.1) is 12.7 Å². The zero-order valence-corrected chi connectivity index (χ0v) is 14.3. The Kier molecular flexibility index (Phi) is 6.96. The van der Waals surface area contributed by atoms with Crippen LogP contribution in [0.25, 0.3) is 0 Å². The number of benzene rings is 1. The summed E-state index contributed by atoms with van der Waals surface area (Å²) >= 11 is 0. The van der Waals surface area contributed by atoms with Crippen molar-refractivity contribution in [2.24, 2.45) is 17.3 Å². The SMILES string of the molecule is CCOC(=O)C(C#N)C(CC(=O)c1ccccc1)CC(C)(C)C. The fourth-order valence-corrected chi connectivity index (χ4v) is 2.66. The molecule has 0 aliphatic heterocycles. The van der Waals surface area contributed by atoms with Crippen LogP contribution < -0.4 is 0 Å². The Balaban J connectivity index is 2.98. The maximum atomic E-state index is 12.5. The standard InChI is InChI=1S/C19H25NO3/c1-5-23-18(22)16(13-20)15(12-19(2,3)4)11-17(21)14-9-7-6-8-10-14/h6-10,15-16H,5,11-12H2,1-4H3. The fraction of sp³-hybridized carbons (Fsp3) is 0.526. The van der Waals surface area contributed by atoms with Crippen LogP contribution >= 0.6 is 0 Å². The first-order valence-corrected chi connectivity index (χ1v) is 7.93. The van der Waals surface area contributed by atoms with Crippen molar-refractivity contribution in [1.29, 1.82) is 5.26 Å². The van der Waals surface area contributed by atoms with Crippen LogP contribution in [0.15, 0.2) is 30.3 Å². The highest BCUT2D eigenvalue weighted by Crippen LogP contribution is 2.32. The molecule has 2 unspecified atom stereocenters. The van der Waals surface area contributed by atoms with Crippen molar-refractivity contribution in [3.05, 3.63) is 35.9 Å². The average Bonchev–Trinajstić information content (AvgIpc) is 2.47. The number of hydrogen-bond acceptors (Lipinski definition) is 4. The maximum absolute atomic E-state index is 12.5. The molecule has 0 spiro atoms. The Morgan fingerprint density at radius 1 is 1.22 bits per heavy atom. The third-order valence-corrected chi connectivity index (χ3v) is 3.57. The molecule has 0 radical (unpaired) electrons. The van der Waals surface area contributed by atoms with E-state index in [1.165, 1.54) is 0 Å². The van der Waals surface area contributed by atoms with Gasteiger partial charge in [0.15, 0.2) is 5.78 Å². The molecule has 0 aliphatic rings. The van der Waals surface area contributed by atoms with Crippen LogP contribution in [-0.4, -0.2) is 18.4 Å². The highest BCUT2D eigenvalue weighted by molar-refractivity contribution is 5.96. The second-order valence-corrected chi connectivity index (χ2v) is 6.88. The normalized spacial score (nSPS) is 13.7. The topological polar surface area (TPSA) is 67.2 Å². The summed E-state index contributed by atoms with van der Waals surface area (Å²) in [5.74, 6) is -1.86. The van der Waals surface area contributed by atoms with Crippen LogP contribution in [0.3, 0.4) is 0 Å². The third kappa shape index (κ3) is 6.23. The minimum absolute atomic E-state index is 0.0515. The van der Waals surface area contributed by atoms with E-state index in [1.807, 2.05) is 32.9 Å². The number of carbonyl (C=O) groups is 2. The van der Waals surface area contributed by atoms with E-state index in [0.29, 0.717) is 12.0 Å². The lowest BCUT2D eigenvalue weighted by Crippen LogP contribution is -2.29. The summed E-state index contributed by atoms with van der Waals surface area (Å²) in [4.78, 5) is 24.5. The van der Waals surface area contributed by atoms with Crippen LogP contribution in [0.4, 0.5) is 0 Å². The molecule has 0 amide bonds. The van der Waals surface area contributed by atoms with E-state index < -0.39 is 11.9 Å². The van der Waals surface area contributed by atoms with E-state index >= 15 is 0 Å². The van der Waals surface area contributed by atoms with E-state index in [1.54, 1.807) is 31.2 Å². The Labute approximate surface area is 138 Å². The molecule has 1 rings (SSSR count). The smallest absolute Gasteiger partial charge is 0.323 e. The van der Waals surface area contributed by atoms with Crippen molar-refractivity contribution in [1.82, 2.24) is 0 Å². The fourth-order valence-electron chi connectivity index (χ4n) is 2.66. The van der Waals surface area contributed by atoms with Crippen molar-refractivity contribution < 1.29 is 14.3 Å². The van der Waals surface area contributed by atoms with Crippen LogP contribution in [0.5, 0.6) is 0 Å². The van der Waals surface area contributed by atoms with Crippen LogP contribution in [0, 0.1) is 28.6 Å². The van der Waals surface area contributed by atoms with Crippen LogP contribution in [-0.2, 0) is 9.53 Å².